The molecule has 29 heavy (non-hydrogen) atoms. The van der Waals surface area contributed by atoms with E-state index >= 15 is 0 Å². The summed E-state index contributed by atoms with van der Waals surface area (Å²) in [5.41, 5.74) is -0.148. The molecule has 11 heteroatoms. The molecule has 7 nitrogen and oxygen atoms in total. The highest BCUT2D eigenvalue weighted by Crippen LogP contribution is 2.25. The van der Waals surface area contributed by atoms with E-state index in [0.717, 1.165) is 12.1 Å². The Morgan fingerprint density at radius 2 is 1.93 bits per heavy atom. The van der Waals surface area contributed by atoms with Crippen LogP contribution in [0, 0.1) is 15.9 Å². The van der Waals surface area contributed by atoms with Gasteiger partial charge in [-0.25, -0.2) is 4.39 Å². The Hall–Kier alpha value is -2.36. The van der Waals surface area contributed by atoms with Gasteiger partial charge in [0.1, 0.15) is 16.9 Å². The van der Waals surface area contributed by atoms with E-state index in [0.29, 0.717) is 12.2 Å². The van der Waals surface area contributed by atoms with Gasteiger partial charge in [-0.1, -0.05) is 23.2 Å². The maximum atomic E-state index is 13.3. The Balaban J connectivity index is 2.17. The van der Waals surface area contributed by atoms with Crippen LogP contribution in [0.5, 0.6) is 0 Å². The number of halogens is 3. The Morgan fingerprint density at radius 3 is 2.55 bits per heavy atom. The van der Waals surface area contributed by atoms with Gasteiger partial charge in [-0.2, -0.15) is 11.8 Å². The summed E-state index contributed by atoms with van der Waals surface area (Å²) in [5.74, 6) is -1.24. The second kappa shape index (κ2) is 10.4. The zero-order valence-electron chi connectivity index (χ0n) is 15.1. The minimum Gasteiger partial charge on any atom is -0.340 e. The number of rotatable bonds is 8. The van der Waals surface area contributed by atoms with Crippen LogP contribution in [0.25, 0.3) is 0 Å². The predicted octanol–water partition coefficient (Wildman–Crippen LogP) is 4.53. The summed E-state index contributed by atoms with van der Waals surface area (Å²) < 4.78 is 13.3. The van der Waals surface area contributed by atoms with Crippen molar-refractivity contribution in [2.45, 2.75) is 12.5 Å². The molecule has 2 aromatic carbocycles. The van der Waals surface area contributed by atoms with Crippen LogP contribution in [-0.4, -0.2) is 34.8 Å². The molecule has 2 amide bonds. The van der Waals surface area contributed by atoms with E-state index in [1.165, 1.54) is 36.0 Å². The first-order valence-corrected chi connectivity index (χ1v) is 10.4. The third-order valence-electron chi connectivity index (χ3n) is 3.82. The number of amides is 2. The van der Waals surface area contributed by atoms with Gasteiger partial charge in [0.25, 0.3) is 11.6 Å². The number of carbonyl (C=O) groups is 2. The van der Waals surface area contributed by atoms with Crippen molar-refractivity contribution in [2.75, 3.05) is 17.3 Å². The number of anilines is 1. The lowest BCUT2D eigenvalue weighted by Gasteiger charge is -2.18. The number of benzene rings is 2. The van der Waals surface area contributed by atoms with Gasteiger partial charge in [0.2, 0.25) is 5.91 Å². The number of nitro benzene ring substituents is 1. The van der Waals surface area contributed by atoms with E-state index in [-0.39, 0.29) is 21.3 Å². The maximum Gasteiger partial charge on any atom is 0.288 e. The molecule has 0 fully saturated rings. The number of nitrogens with one attached hydrogen (secondary N) is 2. The molecule has 0 heterocycles. The van der Waals surface area contributed by atoms with E-state index < -0.39 is 34.3 Å². The van der Waals surface area contributed by atoms with Gasteiger partial charge in [-0.05, 0) is 48.8 Å². The number of nitro groups is 1. The van der Waals surface area contributed by atoms with E-state index in [9.17, 15) is 24.1 Å². The molecule has 0 aromatic heterocycles. The smallest absolute Gasteiger partial charge is 0.288 e. The molecule has 0 bridgehead atoms. The van der Waals surface area contributed by atoms with Crippen LogP contribution in [0.15, 0.2) is 36.4 Å². The Labute approximate surface area is 180 Å². The van der Waals surface area contributed by atoms with Crippen LogP contribution < -0.4 is 10.6 Å². The Bertz CT molecular complexity index is 945. The number of carbonyl (C=O) groups excluding carboxylic acids is 2. The fourth-order valence-corrected chi connectivity index (χ4v) is 3.18. The fraction of sp³-hybridized carbons (Fsp3) is 0.222. The zero-order chi connectivity index (χ0) is 21.6. The fourth-order valence-electron chi connectivity index (χ4n) is 2.34. The lowest BCUT2D eigenvalue weighted by Crippen LogP contribution is -2.44. The molecular weight excluding hydrogens is 444 g/mol. The van der Waals surface area contributed by atoms with Crippen LogP contribution in [0.1, 0.15) is 16.8 Å². The molecule has 2 rings (SSSR count). The molecule has 0 aliphatic rings. The van der Waals surface area contributed by atoms with Crippen molar-refractivity contribution < 1.29 is 18.9 Å². The number of nitrogens with zero attached hydrogens (tertiary/aromatic N) is 1. The van der Waals surface area contributed by atoms with Gasteiger partial charge in [-0.3, -0.25) is 19.7 Å². The van der Waals surface area contributed by atoms with Crippen LogP contribution in [-0.2, 0) is 4.79 Å². The average Bonchev–Trinajstić information content (AvgIpc) is 2.67. The molecule has 0 saturated heterocycles. The van der Waals surface area contributed by atoms with E-state index in [1.54, 1.807) is 0 Å². The molecule has 0 aliphatic heterocycles. The summed E-state index contributed by atoms with van der Waals surface area (Å²) in [6, 6.07) is 6.40. The van der Waals surface area contributed by atoms with Crippen molar-refractivity contribution in [2.24, 2.45) is 0 Å². The maximum absolute atomic E-state index is 13.3. The van der Waals surface area contributed by atoms with Crippen molar-refractivity contribution in [3.63, 3.8) is 0 Å². The van der Waals surface area contributed by atoms with Crippen molar-refractivity contribution in [1.29, 1.82) is 0 Å². The molecule has 2 N–H and O–H groups in total. The lowest BCUT2D eigenvalue weighted by molar-refractivity contribution is -0.384. The van der Waals surface area contributed by atoms with E-state index in [1.807, 2.05) is 6.26 Å². The third kappa shape index (κ3) is 6.31. The van der Waals surface area contributed by atoms with Gasteiger partial charge in [0.15, 0.2) is 0 Å². The highest BCUT2D eigenvalue weighted by Gasteiger charge is 2.23. The summed E-state index contributed by atoms with van der Waals surface area (Å²) in [4.78, 5) is 35.4. The first-order valence-electron chi connectivity index (χ1n) is 8.22. The highest BCUT2D eigenvalue weighted by molar-refractivity contribution is 7.98. The molecule has 2 aromatic rings. The zero-order valence-corrected chi connectivity index (χ0v) is 17.4. The average molecular weight is 460 g/mol. The highest BCUT2D eigenvalue weighted by atomic mass is 35.5. The lowest BCUT2D eigenvalue weighted by atomic mass is 10.1. The van der Waals surface area contributed by atoms with Crippen molar-refractivity contribution in [3.05, 3.63) is 67.9 Å². The normalized spacial score (nSPS) is 11.6. The second-order valence-corrected chi connectivity index (χ2v) is 7.65. The molecule has 0 radical (unpaired) electrons. The van der Waals surface area contributed by atoms with Crippen molar-refractivity contribution in [3.8, 4) is 0 Å². The SMILES string of the molecule is CSCCC(NC(=O)c1ccc(Cl)c([N+](=O)[O-])c1)C(=O)Nc1ccc(F)c(Cl)c1. The van der Waals surface area contributed by atoms with Crippen LogP contribution in [0.4, 0.5) is 15.8 Å². The van der Waals surface area contributed by atoms with E-state index in [4.69, 9.17) is 23.2 Å². The molecule has 1 atom stereocenters. The summed E-state index contributed by atoms with van der Waals surface area (Å²) >= 11 is 13.0. The minimum atomic E-state index is -0.923. The topological polar surface area (TPSA) is 101 Å². The number of thioether (sulfide) groups is 1. The van der Waals surface area contributed by atoms with Crippen molar-refractivity contribution >= 4 is 58.2 Å². The summed E-state index contributed by atoms with van der Waals surface area (Å²) in [7, 11) is 0. The van der Waals surface area contributed by atoms with E-state index in [2.05, 4.69) is 10.6 Å². The van der Waals surface area contributed by atoms with Crippen LogP contribution in [0.3, 0.4) is 0 Å². The second-order valence-electron chi connectivity index (χ2n) is 5.85. The minimum absolute atomic E-state index is 0.00659. The standard InChI is InChI=1S/C18H16Cl2FN3O4S/c1-29-7-6-15(18(26)22-11-3-5-14(21)13(20)9-11)23-17(25)10-2-4-12(19)16(8-10)24(27)28/h2-5,8-9,15H,6-7H2,1H3,(H,22,26)(H,23,25). The summed E-state index contributed by atoms with van der Waals surface area (Å²) in [6.45, 7) is 0. The van der Waals surface area contributed by atoms with Crippen molar-refractivity contribution in [1.82, 2.24) is 5.32 Å². The first-order chi connectivity index (χ1) is 13.7. The Kier molecular flexibility index (Phi) is 8.24. The molecule has 1 unspecified atom stereocenters. The van der Waals surface area contributed by atoms with Gasteiger partial charge in [0.05, 0.1) is 9.95 Å². The molecule has 0 spiro atoms. The molecule has 0 saturated carbocycles. The number of hydrogen-bond acceptors (Lipinski definition) is 5. The summed E-state index contributed by atoms with van der Waals surface area (Å²) in [5, 5.41) is 15.9. The molecular formula is C18H16Cl2FN3O4S. The molecule has 0 aliphatic carbocycles. The van der Waals surface area contributed by atoms with Gasteiger partial charge in [-0.15, -0.1) is 0 Å². The van der Waals surface area contributed by atoms with Gasteiger partial charge >= 0.3 is 0 Å². The molecule has 154 valence electrons. The third-order valence-corrected chi connectivity index (χ3v) is 5.08. The Morgan fingerprint density at radius 1 is 1.21 bits per heavy atom. The monoisotopic (exact) mass is 459 g/mol. The van der Waals surface area contributed by atoms with Crippen LogP contribution in [0.2, 0.25) is 10.0 Å². The summed E-state index contributed by atoms with van der Waals surface area (Å²) in [6.07, 6.45) is 2.16. The quantitative estimate of drug-likeness (QED) is 0.445. The van der Waals surface area contributed by atoms with Crippen LogP contribution >= 0.6 is 35.0 Å². The first kappa shape index (κ1) is 22.9. The van der Waals surface area contributed by atoms with Gasteiger partial charge < -0.3 is 10.6 Å². The number of hydrogen-bond donors (Lipinski definition) is 2. The largest absolute Gasteiger partial charge is 0.340 e. The predicted molar refractivity (Wildman–Crippen MR) is 112 cm³/mol. The van der Waals surface area contributed by atoms with Gasteiger partial charge in [0, 0.05) is 17.3 Å².